The number of nitrogens with one attached hydrogen (secondary N) is 3. The average molecular weight is 376 g/mol. The van der Waals surface area contributed by atoms with Gasteiger partial charge in [-0.1, -0.05) is 20.8 Å². The van der Waals surface area contributed by atoms with Crippen molar-refractivity contribution in [3.63, 3.8) is 0 Å². The molecule has 0 spiro atoms. The number of anilines is 1. The number of aliphatic hydroxyl groups is 1. The van der Waals surface area contributed by atoms with E-state index in [-0.39, 0.29) is 11.5 Å². The monoisotopic (exact) mass is 375 g/mol. The maximum atomic E-state index is 10.0. The van der Waals surface area contributed by atoms with Gasteiger partial charge in [-0.3, -0.25) is 0 Å². The number of hydrogen-bond acceptors (Lipinski definition) is 5. The number of fused-ring (bicyclic) bond motifs is 1. The first kappa shape index (κ1) is 19.6. The second kappa shape index (κ2) is 8.24. The molecule has 3 rings (SSSR count). The molecule has 1 fully saturated rings. The number of allylic oxidation sites excluding steroid dienone is 1. The van der Waals surface area contributed by atoms with Gasteiger partial charge >= 0.3 is 0 Å². The van der Waals surface area contributed by atoms with E-state index in [0.29, 0.717) is 11.8 Å². The Morgan fingerprint density at radius 2 is 2.12 bits per heavy atom. The third kappa shape index (κ3) is 4.76. The fraction of sp³-hybridized carbons (Fsp3) is 0.619. The van der Waals surface area contributed by atoms with Crippen molar-refractivity contribution in [1.82, 2.24) is 10.9 Å². The lowest BCUT2D eigenvalue weighted by molar-refractivity contribution is 0.155. The molecule has 1 saturated carbocycles. The van der Waals surface area contributed by atoms with Crippen LogP contribution in [-0.4, -0.2) is 24.0 Å². The largest absolute Gasteiger partial charge is 0.393 e. The molecule has 2 aliphatic rings. The zero-order valence-corrected chi connectivity index (χ0v) is 17.2. The Kier molecular flexibility index (Phi) is 6.21. The van der Waals surface area contributed by atoms with Crippen LogP contribution in [0.2, 0.25) is 0 Å². The summed E-state index contributed by atoms with van der Waals surface area (Å²) < 4.78 is 0. The topological polar surface area (TPSA) is 56.3 Å². The summed E-state index contributed by atoms with van der Waals surface area (Å²) in [5.74, 6) is 3.09. The molecule has 0 saturated heterocycles. The minimum atomic E-state index is -0.138. The molecule has 4 N–H and O–H groups in total. The van der Waals surface area contributed by atoms with Gasteiger partial charge in [0, 0.05) is 23.4 Å². The van der Waals surface area contributed by atoms with Crippen molar-refractivity contribution in [2.45, 2.75) is 57.5 Å². The van der Waals surface area contributed by atoms with Gasteiger partial charge in [-0.15, -0.1) is 11.8 Å². The Bertz CT molecular complexity index is 653. The van der Waals surface area contributed by atoms with Gasteiger partial charge in [0.25, 0.3) is 0 Å². The quantitative estimate of drug-likeness (QED) is 0.563. The Hall–Kier alpha value is -1.17. The summed E-state index contributed by atoms with van der Waals surface area (Å²) in [6, 6.07) is 6.65. The maximum Gasteiger partial charge on any atom is 0.114 e. The van der Waals surface area contributed by atoms with Crippen LogP contribution >= 0.6 is 11.8 Å². The summed E-state index contributed by atoms with van der Waals surface area (Å²) in [6.07, 6.45) is 6.26. The van der Waals surface area contributed by atoms with E-state index < -0.39 is 0 Å². The predicted octanol–water partition coefficient (Wildman–Crippen LogP) is 4.14. The molecule has 0 bridgehead atoms. The van der Waals surface area contributed by atoms with E-state index in [1.807, 2.05) is 18.8 Å². The van der Waals surface area contributed by atoms with E-state index in [1.54, 1.807) is 0 Å². The first-order valence-corrected chi connectivity index (χ1v) is 10.7. The minimum absolute atomic E-state index is 0.138. The molecule has 1 heterocycles. The highest BCUT2D eigenvalue weighted by atomic mass is 32.2. The van der Waals surface area contributed by atoms with E-state index in [1.165, 1.54) is 16.2 Å². The smallest absolute Gasteiger partial charge is 0.114 e. The van der Waals surface area contributed by atoms with Crippen molar-refractivity contribution in [2.75, 3.05) is 18.1 Å². The summed E-state index contributed by atoms with van der Waals surface area (Å²) in [7, 11) is 1.89. The minimum Gasteiger partial charge on any atom is -0.393 e. The van der Waals surface area contributed by atoms with Crippen LogP contribution in [0.1, 0.15) is 45.6 Å². The van der Waals surface area contributed by atoms with Gasteiger partial charge in [0.15, 0.2) is 0 Å². The summed E-state index contributed by atoms with van der Waals surface area (Å²) in [6.45, 7) is 6.88. The molecule has 0 amide bonds. The predicted molar refractivity (Wildman–Crippen MR) is 111 cm³/mol. The second-order valence-corrected chi connectivity index (χ2v) is 9.76. The fourth-order valence-corrected chi connectivity index (χ4v) is 5.31. The summed E-state index contributed by atoms with van der Waals surface area (Å²) in [5.41, 5.74) is 9.04. The molecule has 1 aromatic rings. The number of rotatable bonds is 6. The van der Waals surface area contributed by atoms with Gasteiger partial charge in [0.2, 0.25) is 0 Å². The van der Waals surface area contributed by atoms with Gasteiger partial charge in [0.1, 0.15) is 5.82 Å². The lowest BCUT2D eigenvalue weighted by atomic mass is 9.72. The Labute approximate surface area is 162 Å². The van der Waals surface area contributed by atoms with Crippen molar-refractivity contribution in [3.05, 3.63) is 35.7 Å². The molecule has 4 nitrogen and oxygen atoms in total. The summed E-state index contributed by atoms with van der Waals surface area (Å²) in [5, 5.41) is 13.6. The van der Waals surface area contributed by atoms with Gasteiger partial charge in [-0.2, -0.15) is 0 Å². The van der Waals surface area contributed by atoms with Crippen LogP contribution < -0.4 is 16.2 Å². The van der Waals surface area contributed by atoms with E-state index in [0.717, 1.165) is 37.2 Å². The molecular formula is C21H33N3OS. The number of benzene rings is 1. The van der Waals surface area contributed by atoms with Crippen molar-refractivity contribution in [1.29, 1.82) is 0 Å². The molecule has 5 heteroatoms. The number of hydrazine groups is 1. The third-order valence-electron chi connectivity index (χ3n) is 5.53. The van der Waals surface area contributed by atoms with E-state index in [9.17, 15) is 5.11 Å². The molecule has 3 unspecified atom stereocenters. The zero-order chi connectivity index (χ0) is 18.7. The van der Waals surface area contributed by atoms with Crippen LogP contribution in [0.25, 0.3) is 0 Å². The van der Waals surface area contributed by atoms with Crippen LogP contribution in [0.5, 0.6) is 0 Å². The van der Waals surface area contributed by atoms with Crippen LogP contribution in [0, 0.1) is 17.3 Å². The van der Waals surface area contributed by atoms with E-state index in [2.05, 4.69) is 61.2 Å². The van der Waals surface area contributed by atoms with Gasteiger partial charge in [0.05, 0.1) is 6.10 Å². The molecule has 1 aliphatic carbocycles. The molecule has 144 valence electrons. The van der Waals surface area contributed by atoms with Crippen molar-refractivity contribution < 1.29 is 5.11 Å². The Balaban J connectivity index is 1.81. The Morgan fingerprint density at radius 1 is 1.31 bits per heavy atom. The molecule has 1 aromatic carbocycles. The standard InChI is InChI=1S/C21H33N3OS/c1-21(2,3)18(14-5-7-17(25)12-14)13-20(24-22-4)23-16-6-8-19-15(11-16)9-10-26-19/h6,8,11,13-14,17-18,22-25H,5,7,9-10,12H2,1-4H3/b20-13-. The number of hydrogen-bond donors (Lipinski definition) is 4. The van der Waals surface area contributed by atoms with Crippen LogP contribution in [0.15, 0.2) is 35.0 Å². The number of aliphatic hydroxyl groups excluding tert-OH is 1. The summed E-state index contributed by atoms with van der Waals surface area (Å²) >= 11 is 1.94. The lowest BCUT2D eigenvalue weighted by Crippen LogP contribution is -2.34. The van der Waals surface area contributed by atoms with Crippen molar-refractivity contribution in [3.8, 4) is 0 Å². The summed E-state index contributed by atoms with van der Waals surface area (Å²) in [4.78, 5) is 1.41. The number of aryl methyl sites for hydroxylation is 1. The van der Waals surface area contributed by atoms with Crippen LogP contribution in [0.4, 0.5) is 5.69 Å². The lowest BCUT2D eigenvalue weighted by Gasteiger charge is -2.34. The highest BCUT2D eigenvalue weighted by Crippen LogP contribution is 2.42. The molecule has 3 atom stereocenters. The Morgan fingerprint density at radius 3 is 2.77 bits per heavy atom. The molecule has 26 heavy (non-hydrogen) atoms. The van der Waals surface area contributed by atoms with Gasteiger partial charge < -0.3 is 15.8 Å². The first-order chi connectivity index (χ1) is 12.4. The number of thioether (sulfide) groups is 1. The third-order valence-corrected chi connectivity index (χ3v) is 6.65. The van der Waals surface area contributed by atoms with E-state index >= 15 is 0 Å². The normalized spacial score (nSPS) is 24.4. The van der Waals surface area contributed by atoms with Crippen LogP contribution in [-0.2, 0) is 6.42 Å². The fourth-order valence-electron chi connectivity index (χ4n) is 4.26. The first-order valence-electron chi connectivity index (χ1n) is 9.72. The van der Waals surface area contributed by atoms with Crippen molar-refractivity contribution in [2.24, 2.45) is 17.3 Å². The molecule has 0 radical (unpaired) electrons. The van der Waals surface area contributed by atoms with Gasteiger partial charge in [-0.05, 0) is 72.8 Å². The molecular weight excluding hydrogens is 342 g/mol. The van der Waals surface area contributed by atoms with Gasteiger partial charge in [-0.25, -0.2) is 5.43 Å². The molecule has 0 aromatic heterocycles. The highest BCUT2D eigenvalue weighted by molar-refractivity contribution is 7.99. The molecule has 1 aliphatic heterocycles. The van der Waals surface area contributed by atoms with Crippen molar-refractivity contribution >= 4 is 17.4 Å². The maximum absolute atomic E-state index is 10.0. The van der Waals surface area contributed by atoms with Crippen LogP contribution in [0.3, 0.4) is 0 Å². The highest BCUT2D eigenvalue weighted by Gasteiger charge is 2.35. The average Bonchev–Trinajstić information content (AvgIpc) is 3.19. The zero-order valence-electron chi connectivity index (χ0n) is 16.4. The SMILES string of the molecule is CNN/C(=C\C(C1CCC(O)C1)C(C)(C)C)Nc1ccc2c(c1)CCS2. The second-order valence-electron chi connectivity index (χ2n) is 8.62. The van der Waals surface area contributed by atoms with E-state index in [4.69, 9.17) is 0 Å².